The van der Waals surface area contributed by atoms with Gasteiger partial charge in [0.15, 0.2) is 11.5 Å². The maximum atomic E-state index is 11.8. The molecule has 21 heavy (non-hydrogen) atoms. The second-order valence-corrected chi connectivity index (χ2v) is 5.34. The van der Waals surface area contributed by atoms with Crippen molar-refractivity contribution in [3.63, 3.8) is 0 Å². The molecule has 1 aromatic carbocycles. The normalized spacial score (nSPS) is 12.7. The van der Waals surface area contributed by atoms with Gasteiger partial charge < -0.3 is 14.2 Å². The van der Waals surface area contributed by atoms with E-state index in [0.717, 1.165) is 12.0 Å². The van der Waals surface area contributed by atoms with E-state index in [0.29, 0.717) is 11.5 Å². The SMILES string of the molecule is CCC(NC(C)(C)C(=O)OC)c1ccc(OC)c(OC)c1. The molecule has 118 valence electrons. The zero-order valence-electron chi connectivity index (χ0n) is 13.6. The van der Waals surface area contributed by atoms with Crippen LogP contribution < -0.4 is 14.8 Å². The lowest BCUT2D eigenvalue weighted by molar-refractivity contribution is -0.147. The van der Waals surface area contributed by atoms with E-state index in [2.05, 4.69) is 12.2 Å². The predicted molar refractivity (Wildman–Crippen MR) is 81.8 cm³/mol. The van der Waals surface area contributed by atoms with E-state index < -0.39 is 5.54 Å². The molecule has 1 rings (SSSR count). The summed E-state index contributed by atoms with van der Waals surface area (Å²) >= 11 is 0. The third kappa shape index (κ3) is 4.11. The first-order chi connectivity index (χ1) is 9.89. The van der Waals surface area contributed by atoms with Gasteiger partial charge in [-0.3, -0.25) is 10.1 Å². The quantitative estimate of drug-likeness (QED) is 0.784. The second-order valence-electron chi connectivity index (χ2n) is 5.34. The molecule has 1 N–H and O–H groups in total. The summed E-state index contributed by atoms with van der Waals surface area (Å²) in [6, 6.07) is 5.77. The average Bonchev–Trinajstić information content (AvgIpc) is 2.50. The molecule has 1 atom stereocenters. The van der Waals surface area contributed by atoms with E-state index in [4.69, 9.17) is 14.2 Å². The molecule has 0 aliphatic rings. The first kappa shape index (κ1) is 17.3. The minimum atomic E-state index is -0.761. The first-order valence-electron chi connectivity index (χ1n) is 6.97. The highest BCUT2D eigenvalue weighted by atomic mass is 16.5. The molecule has 0 radical (unpaired) electrons. The Morgan fingerprint density at radius 3 is 2.29 bits per heavy atom. The van der Waals surface area contributed by atoms with Crippen molar-refractivity contribution in [3.8, 4) is 11.5 Å². The van der Waals surface area contributed by atoms with Crippen LogP contribution in [-0.2, 0) is 9.53 Å². The van der Waals surface area contributed by atoms with Crippen LogP contribution >= 0.6 is 0 Å². The largest absolute Gasteiger partial charge is 0.493 e. The highest BCUT2D eigenvalue weighted by Gasteiger charge is 2.31. The van der Waals surface area contributed by atoms with Crippen molar-refractivity contribution in [1.29, 1.82) is 0 Å². The van der Waals surface area contributed by atoms with Gasteiger partial charge in [0.2, 0.25) is 0 Å². The van der Waals surface area contributed by atoms with Gasteiger partial charge in [-0.2, -0.15) is 0 Å². The van der Waals surface area contributed by atoms with Crippen LogP contribution in [0.3, 0.4) is 0 Å². The molecule has 0 saturated heterocycles. The number of ether oxygens (including phenoxy) is 3. The molecule has 0 saturated carbocycles. The molecule has 0 fully saturated rings. The first-order valence-corrected chi connectivity index (χ1v) is 6.97. The van der Waals surface area contributed by atoms with E-state index in [-0.39, 0.29) is 12.0 Å². The number of nitrogens with one attached hydrogen (secondary N) is 1. The van der Waals surface area contributed by atoms with Gasteiger partial charge >= 0.3 is 5.97 Å². The summed E-state index contributed by atoms with van der Waals surface area (Å²) in [7, 11) is 4.60. The van der Waals surface area contributed by atoms with Gasteiger partial charge in [-0.25, -0.2) is 0 Å². The van der Waals surface area contributed by atoms with E-state index in [1.54, 1.807) is 14.2 Å². The molecule has 0 bridgehead atoms. The zero-order valence-corrected chi connectivity index (χ0v) is 13.6. The lowest BCUT2D eigenvalue weighted by Crippen LogP contribution is -2.48. The maximum Gasteiger partial charge on any atom is 0.325 e. The number of benzene rings is 1. The summed E-state index contributed by atoms with van der Waals surface area (Å²) < 4.78 is 15.4. The van der Waals surface area contributed by atoms with Gasteiger partial charge in [0.25, 0.3) is 0 Å². The molecule has 5 heteroatoms. The number of hydrogen-bond acceptors (Lipinski definition) is 5. The molecule has 0 amide bonds. The number of esters is 1. The zero-order chi connectivity index (χ0) is 16.0. The third-order valence-electron chi connectivity index (χ3n) is 3.45. The highest BCUT2D eigenvalue weighted by Crippen LogP contribution is 2.31. The number of carbonyl (C=O) groups excluding carboxylic acids is 1. The van der Waals surface area contributed by atoms with Gasteiger partial charge in [-0.1, -0.05) is 13.0 Å². The summed E-state index contributed by atoms with van der Waals surface area (Å²) in [5.41, 5.74) is 0.273. The molecule has 0 aromatic heterocycles. The Bertz CT molecular complexity index is 485. The predicted octanol–water partition coefficient (Wildman–Crippen LogP) is 2.70. The number of rotatable bonds is 7. The summed E-state index contributed by atoms with van der Waals surface area (Å²) in [6.07, 6.45) is 0.829. The number of carbonyl (C=O) groups is 1. The van der Waals surface area contributed by atoms with Crippen LogP contribution in [0.25, 0.3) is 0 Å². The summed E-state index contributed by atoms with van der Waals surface area (Å²) in [4.78, 5) is 11.8. The average molecular weight is 295 g/mol. The Morgan fingerprint density at radius 2 is 1.81 bits per heavy atom. The summed E-state index contributed by atoms with van der Waals surface area (Å²) in [5.74, 6) is 1.07. The van der Waals surface area contributed by atoms with Crippen LogP contribution in [0.4, 0.5) is 0 Å². The van der Waals surface area contributed by atoms with Crippen molar-refractivity contribution in [3.05, 3.63) is 23.8 Å². The molecule has 5 nitrogen and oxygen atoms in total. The minimum Gasteiger partial charge on any atom is -0.493 e. The third-order valence-corrected chi connectivity index (χ3v) is 3.45. The minimum absolute atomic E-state index is 0.0129. The van der Waals surface area contributed by atoms with Gasteiger partial charge in [0.1, 0.15) is 5.54 Å². The number of hydrogen-bond donors (Lipinski definition) is 1. The number of methoxy groups -OCH3 is 3. The van der Waals surface area contributed by atoms with E-state index in [1.807, 2.05) is 32.0 Å². The second kappa shape index (κ2) is 7.31. The lowest BCUT2D eigenvalue weighted by atomic mass is 9.98. The van der Waals surface area contributed by atoms with Crippen molar-refractivity contribution in [2.24, 2.45) is 0 Å². The van der Waals surface area contributed by atoms with Crippen LogP contribution in [0.1, 0.15) is 38.8 Å². The van der Waals surface area contributed by atoms with Crippen molar-refractivity contribution in [2.75, 3.05) is 21.3 Å². The summed E-state index contributed by atoms with van der Waals surface area (Å²) in [6.45, 7) is 5.67. The molecule has 0 spiro atoms. The van der Waals surface area contributed by atoms with Gasteiger partial charge in [0.05, 0.1) is 21.3 Å². The lowest BCUT2D eigenvalue weighted by Gasteiger charge is -2.29. The van der Waals surface area contributed by atoms with Gasteiger partial charge in [0, 0.05) is 6.04 Å². The van der Waals surface area contributed by atoms with Crippen LogP contribution in [0.2, 0.25) is 0 Å². The van der Waals surface area contributed by atoms with Crippen molar-refractivity contribution in [2.45, 2.75) is 38.8 Å². The fraction of sp³-hybridized carbons (Fsp3) is 0.562. The smallest absolute Gasteiger partial charge is 0.325 e. The maximum absolute atomic E-state index is 11.8. The fourth-order valence-electron chi connectivity index (χ4n) is 2.24. The highest BCUT2D eigenvalue weighted by molar-refractivity contribution is 5.79. The van der Waals surface area contributed by atoms with Crippen LogP contribution in [-0.4, -0.2) is 32.8 Å². The van der Waals surface area contributed by atoms with E-state index in [9.17, 15) is 4.79 Å². The Labute approximate surface area is 126 Å². The molecular weight excluding hydrogens is 270 g/mol. The molecule has 0 heterocycles. The Hall–Kier alpha value is -1.75. The monoisotopic (exact) mass is 295 g/mol. The molecule has 0 aliphatic carbocycles. The van der Waals surface area contributed by atoms with Crippen LogP contribution in [0.15, 0.2) is 18.2 Å². The van der Waals surface area contributed by atoms with Crippen LogP contribution in [0, 0.1) is 0 Å². The Balaban J connectivity index is 3.03. The topological polar surface area (TPSA) is 56.8 Å². The summed E-state index contributed by atoms with van der Waals surface area (Å²) in [5, 5.41) is 3.33. The van der Waals surface area contributed by atoms with Crippen molar-refractivity contribution in [1.82, 2.24) is 5.32 Å². The molecule has 1 unspecified atom stereocenters. The fourth-order valence-corrected chi connectivity index (χ4v) is 2.24. The standard InChI is InChI=1S/C16H25NO4/c1-7-12(17-16(2,3)15(18)21-6)11-8-9-13(19-4)14(10-11)20-5/h8-10,12,17H,7H2,1-6H3. The van der Waals surface area contributed by atoms with E-state index >= 15 is 0 Å². The van der Waals surface area contributed by atoms with Gasteiger partial charge in [-0.05, 0) is 38.0 Å². The Kier molecular flexibility index (Phi) is 6.03. The molecule has 0 aliphatic heterocycles. The van der Waals surface area contributed by atoms with Gasteiger partial charge in [-0.15, -0.1) is 0 Å². The van der Waals surface area contributed by atoms with Crippen LogP contribution in [0.5, 0.6) is 11.5 Å². The Morgan fingerprint density at radius 1 is 1.19 bits per heavy atom. The molecule has 1 aromatic rings. The van der Waals surface area contributed by atoms with Crippen molar-refractivity contribution < 1.29 is 19.0 Å². The van der Waals surface area contributed by atoms with Crippen molar-refractivity contribution >= 4 is 5.97 Å². The molecular formula is C16H25NO4. The van der Waals surface area contributed by atoms with E-state index in [1.165, 1.54) is 7.11 Å².